The van der Waals surface area contributed by atoms with Crippen molar-refractivity contribution >= 4 is 35.1 Å². The summed E-state index contributed by atoms with van der Waals surface area (Å²) in [6.07, 6.45) is -0.360. The van der Waals surface area contributed by atoms with E-state index in [1.807, 2.05) is 60.7 Å². The van der Waals surface area contributed by atoms with Crippen LogP contribution in [0.25, 0.3) is 21.5 Å². The van der Waals surface area contributed by atoms with E-state index in [1.54, 1.807) is 31.2 Å². The molecule has 0 aliphatic heterocycles. The summed E-state index contributed by atoms with van der Waals surface area (Å²) in [7, 11) is -4.04. The zero-order valence-electron chi connectivity index (χ0n) is 18.5. The second kappa shape index (κ2) is 11.1. The molecular weight excluding hydrogens is 457 g/mol. The monoisotopic (exact) mass is 481 g/mol. The lowest BCUT2D eigenvalue weighted by Crippen LogP contribution is -2.27. The van der Waals surface area contributed by atoms with Gasteiger partial charge in [-0.2, -0.15) is 0 Å². The van der Waals surface area contributed by atoms with Gasteiger partial charge in [0.15, 0.2) is 11.5 Å². The molecule has 0 fully saturated rings. The van der Waals surface area contributed by atoms with E-state index in [0.29, 0.717) is 11.5 Å². The number of esters is 1. The van der Waals surface area contributed by atoms with Crippen molar-refractivity contribution in [3.63, 3.8) is 0 Å². The minimum absolute atomic E-state index is 0.187. The molecule has 4 rings (SSSR count). The number of hydrogen-bond donors (Lipinski definition) is 1. The summed E-state index contributed by atoms with van der Waals surface area (Å²) in [5.41, 5.74) is 0. The smallest absolute Gasteiger partial charge is 0.418 e. The Bertz CT molecular complexity index is 1230. The van der Waals surface area contributed by atoms with Gasteiger partial charge in [0.05, 0.1) is 13.2 Å². The SMILES string of the molecule is CCOC(=O)CNCP(=O)(OOc1cccc2ccccc12)OOc1cccc2ccccc12. The van der Waals surface area contributed by atoms with Crippen molar-refractivity contribution in [2.24, 2.45) is 0 Å². The highest BCUT2D eigenvalue weighted by atomic mass is 31.2. The van der Waals surface area contributed by atoms with E-state index < -0.39 is 13.6 Å². The standard InChI is InChI=1S/C25H24NO7P/c1-2-29-25(27)17-26-18-34(28,32-30-23-15-7-11-19-9-3-5-13-21(19)23)33-31-24-16-8-12-20-10-4-6-14-22(20)24/h3-16,26H,2,17-18H2,1H3. The minimum atomic E-state index is -4.04. The molecule has 0 bridgehead atoms. The maximum absolute atomic E-state index is 13.5. The van der Waals surface area contributed by atoms with Crippen molar-refractivity contribution in [2.75, 3.05) is 19.4 Å². The van der Waals surface area contributed by atoms with Crippen molar-refractivity contribution in [2.45, 2.75) is 6.92 Å². The largest absolute Gasteiger partial charge is 0.465 e. The normalized spacial score (nSPS) is 11.4. The van der Waals surface area contributed by atoms with Gasteiger partial charge in [0.25, 0.3) is 0 Å². The number of hydrogen-bond acceptors (Lipinski definition) is 8. The lowest BCUT2D eigenvalue weighted by atomic mass is 10.1. The highest BCUT2D eigenvalue weighted by Crippen LogP contribution is 2.48. The molecule has 8 nitrogen and oxygen atoms in total. The van der Waals surface area contributed by atoms with Crippen LogP contribution in [0.1, 0.15) is 6.92 Å². The molecule has 0 aromatic heterocycles. The Balaban J connectivity index is 1.51. The summed E-state index contributed by atoms with van der Waals surface area (Å²) >= 11 is 0. The molecule has 0 atom stereocenters. The third-order valence-corrected chi connectivity index (χ3v) is 6.07. The summed E-state index contributed by atoms with van der Waals surface area (Å²) in [5, 5.41) is 6.09. The Kier molecular flexibility index (Phi) is 7.77. The zero-order valence-corrected chi connectivity index (χ0v) is 19.4. The lowest BCUT2D eigenvalue weighted by Gasteiger charge is -2.18. The van der Waals surface area contributed by atoms with Crippen LogP contribution in [0.2, 0.25) is 0 Å². The van der Waals surface area contributed by atoms with Gasteiger partial charge in [0, 0.05) is 10.8 Å². The quantitative estimate of drug-likeness (QED) is 0.128. The average Bonchev–Trinajstić information content (AvgIpc) is 2.86. The molecule has 0 saturated carbocycles. The molecule has 4 aromatic rings. The lowest BCUT2D eigenvalue weighted by molar-refractivity contribution is -0.170. The summed E-state index contributed by atoms with van der Waals surface area (Å²) in [4.78, 5) is 22.5. The molecule has 0 amide bonds. The van der Waals surface area contributed by atoms with Crippen LogP contribution in [0.3, 0.4) is 0 Å². The molecule has 0 aliphatic rings. The maximum atomic E-state index is 13.5. The first-order chi connectivity index (χ1) is 16.6. The van der Waals surface area contributed by atoms with E-state index in [9.17, 15) is 9.36 Å². The van der Waals surface area contributed by atoms with Gasteiger partial charge in [0.2, 0.25) is 0 Å². The fraction of sp³-hybridized carbons (Fsp3) is 0.160. The molecule has 0 spiro atoms. The molecule has 0 unspecified atom stereocenters. The number of carbonyl (C=O) groups excluding carboxylic acids is 1. The first-order valence-corrected chi connectivity index (χ1v) is 12.4. The molecule has 4 aromatic carbocycles. The first kappa shape index (κ1) is 23.7. The van der Waals surface area contributed by atoms with Gasteiger partial charge in [0.1, 0.15) is 6.29 Å². The van der Waals surface area contributed by atoms with Gasteiger partial charge in [-0.05, 0) is 29.8 Å². The van der Waals surface area contributed by atoms with Crippen LogP contribution in [0.4, 0.5) is 0 Å². The Labute approximate surface area is 196 Å². The van der Waals surface area contributed by atoms with E-state index in [2.05, 4.69) is 5.32 Å². The van der Waals surface area contributed by atoms with Crippen LogP contribution in [-0.4, -0.2) is 25.4 Å². The molecule has 34 heavy (non-hydrogen) atoms. The Morgan fingerprint density at radius 1 is 0.765 bits per heavy atom. The molecule has 1 N–H and O–H groups in total. The zero-order chi connectivity index (χ0) is 23.8. The molecule has 0 saturated heterocycles. The molecule has 0 heterocycles. The highest BCUT2D eigenvalue weighted by Gasteiger charge is 2.31. The number of fused-ring (bicyclic) bond motifs is 2. The van der Waals surface area contributed by atoms with E-state index in [-0.39, 0.29) is 19.4 Å². The first-order valence-electron chi connectivity index (χ1n) is 10.7. The van der Waals surface area contributed by atoms with Crippen LogP contribution in [-0.2, 0) is 23.4 Å². The van der Waals surface area contributed by atoms with E-state index >= 15 is 0 Å². The van der Waals surface area contributed by atoms with Gasteiger partial charge in [-0.3, -0.25) is 14.7 Å². The fourth-order valence-electron chi connectivity index (χ4n) is 3.30. The number of carbonyl (C=O) groups is 1. The Hall–Kier alpha value is -3.42. The van der Waals surface area contributed by atoms with Gasteiger partial charge in [-0.15, -0.1) is 0 Å². The highest BCUT2D eigenvalue weighted by molar-refractivity contribution is 7.53. The predicted molar refractivity (Wildman–Crippen MR) is 128 cm³/mol. The minimum Gasteiger partial charge on any atom is -0.465 e. The van der Waals surface area contributed by atoms with E-state index in [1.165, 1.54) is 0 Å². The fourth-order valence-corrected chi connectivity index (χ4v) is 4.21. The summed E-state index contributed by atoms with van der Waals surface area (Å²) in [6, 6.07) is 25.8. The number of nitrogens with one attached hydrogen (secondary N) is 1. The second-order valence-electron chi connectivity index (χ2n) is 7.27. The number of benzene rings is 4. The van der Waals surface area contributed by atoms with Crippen LogP contribution < -0.4 is 15.1 Å². The second-order valence-corrected chi connectivity index (χ2v) is 9.11. The summed E-state index contributed by atoms with van der Waals surface area (Å²) < 4.78 is 28.9. The van der Waals surface area contributed by atoms with Crippen molar-refractivity contribution in [3.05, 3.63) is 84.9 Å². The summed E-state index contributed by atoms with van der Waals surface area (Å²) in [5.74, 6) is 0.217. The maximum Gasteiger partial charge on any atom is 0.418 e. The van der Waals surface area contributed by atoms with Gasteiger partial charge in [-0.1, -0.05) is 82.1 Å². The molecule has 0 radical (unpaired) electrons. The van der Waals surface area contributed by atoms with Gasteiger partial charge < -0.3 is 14.5 Å². The van der Waals surface area contributed by atoms with Gasteiger partial charge >= 0.3 is 13.6 Å². The molecular formula is C25H24NO7P. The molecule has 0 aliphatic carbocycles. The van der Waals surface area contributed by atoms with Crippen LogP contribution >= 0.6 is 7.60 Å². The summed E-state index contributed by atoms with van der Waals surface area (Å²) in [6.45, 7) is 1.75. The average molecular weight is 481 g/mol. The van der Waals surface area contributed by atoms with Gasteiger partial charge in [-0.25, -0.2) is 0 Å². The van der Waals surface area contributed by atoms with Crippen LogP contribution in [0.15, 0.2) is 84.9 Å². The Morgan fingerprint density at radius 3 is 1.79 bits per heavy atom. The predicted octanol–water partition coefficient (Wildman–Crippen LogP) is 5.62. The van der Waals surface area contributed by atoms with Crippen molar-refractivity contribution in [1.29, 1.82) is 0 Å². The van der Waals surface area contributed by atoms with Crippen molar-refractivity contribution in [3.8, 4) is 11.5 Å². The molecule has 9 heteroatoms. The van der Waals surface area contributed by atoms with E-state index in [4.69, 9.17) is 23.9 Å². The number of rotatable bonds is 11. The van der Waals surface area contributed by atoms with Crippen LogP contribution in [0, 0.1) is 0 Å². The van der Waals surface area contributed by atoms with Crippen molar-refractivity contribution in [1.82, 2.24) is 5.32 Å². The topological polar surface area (TPSA) is 92.3 Å². The third-order valence-electron chi connectivity index (χ3n) is 4.86. The Morgan fingerprint density at radius 2 is 1.26 bits per heavy atom. The van der Waals surface area contributed by atoms with E-state index in [0.717, 1.165) is 21.5 Å². The van der Waals surface area contributed by atoms with Crippen molar-refractivity contribution < 1.29 is 33.2 Å². The number of ether oxygens (including phenoxy) is 1. The van der Waals surface area contributed by atoms with Crippen LogP contribution in [0.5, 0.6) is 11.5 Å². The molecule has 176 valence electrons. The third kappa shape index (κ3) is 5.92.